The van der Waals surface area contributed by atoms with Gasteiger partial charge in [0.1, 0.15) is 0 Å². The first-order chi connectivity index (χ1) is 4.43. The summed E-state index contributed by atoms with van der Waals surface area (Å²) in [7, 11) is 0. The van der Waals surface area contributed by atoms with E-state index in [1.807, 2.05) is 0 Å². The largest absolute Gasteiger partial charge is 0.281 e. The zero-order valence-corrected chi connectivity index (χ0v) is 4.66. The summed E-state index contributed by atoms with van der Waals surface area (Å²) in [5, 5.41) is 6.31. The Morgan fingerprint density at radius 1 is 1.89 bits per heavy atom. The van der Waals surface area contributed by atoms with Crippen LogP contribution in [-0.2, 0) is 11.3 Å². The van der Waals surface area contributed by atoms with Crippen LogP contribution < -0.4 is 0 Å². The first-order valence-electron chi connectivity index (χ1n) is 2.45. The van der Waals surface area contributed by atoms with Crippen LogP contribution in [0.1, 0.15) is 5.69 Å². The van der Waals surface area contributed by atoms with Crippen LogP contribution in [0.5, 0.6) is 0 Å². The van der Waals surface area contributed by atoms with Crippen molar-refractivity contribution in [2.24, 2.45) is 4.99 Å². The number of hydrogen-bond acceptors (Lipinski definition) is 3. The molecular formula is C5H5N3O. The fourth-order valence-corrected chi connectivity index (χ4v) is 0.490. The Bertz CT molecular complexity index is 210. The highest BCUT2D eigenvalue weighted by Crippen LogP contribution is 1.91. The second kappa shape index (κ2) is 2.79. The molecule has 1 aromatic heterocycles. The first-order valence-corrected chi connectivity index (χ1v) is 2.45. The van der Waals surface area contributed by atoms with Gasteiger partial charge in [0, 0.05) is 6.20 Å². The molecule has 0 atom stereocenters. The van der Waals surface area contributed by atoms with Gasteiger partial charge in [-0.1, -0.05) is 0 Å². The quantitative estimate of drug-likeness (QED) is 0.452. The Kier molecular flexibility index (Phi) is 1.77. The average Bonchev–Trinajstić information content (AvgIpc) is 2.34. The number of nitrogens with zero attached hydrogens (tertiary/aromatic N) is 2. The number of nitrogens with one attached hydrogen (secondary N) is 1. The summed E-state index contributed by atoms with van der Waals surface area (Å²) in [6.45, 7) is 0.337. The molecule has 4 heteroatoms. The van der Waals surface area contributed by atoms with Crippen molar-refractivity contribution in [1.29, 1.82) is 0 Å². The molecule has 0 unspecified atom stereocenters. The minimum absolute atomic E-state index is 0.337. The maximum Gasteiger partial charge on any atom is 0.235 e. The Morgan fingerprint density at radius 3 is 3.33 bits per heavy atom. The maximum absolute atomic E-state index is 9.57. The SMILES string of the molecule is O=C=NCc1ccn[nH]1. The zero-order valence-electron chi connectivity index (χ0n) is 4.66. The third-order valence-electron chi connectivity index (χ3n) is 0.872. The van der Waals surface area contributed by atoms with E-state index in [-0.39, 0.29) is 0 Å². The molecule has 0 bridgehead atoms. The van der Waals surface area contributed by atoms with Crippen molar-refractivity contribution in [2.75, 3.05) is 0 Å². The summed E-state index contributed by atoms with van der Waals surface area (Å²) in [4.78, 5) is 12.9. The van der Waals surface area contributed by atoms with Gasteiger partial charge in [-0.05, 0) is 6.07 Å². The van der Waals surface area contributed by atoms with Crippen LogP contribution in [0, 0.1) is 0 Å². The summed E-state index contributed by atoms with van der Waals surface area (Å²) in [6.07, 6.45) is 3.04. The van der Waals surface area contributed by atoms with Crippen LogP contribution in [0.4, 0.5) is 0 Å². The number of isocyanates is 1. The lowest BCUT2D eigenvalue weighted by atomic mass is 10.4. The van der Waals surface area contributed by atoms with E-state index in [0.29, 0.717) is 6.54 Å². The molecule has 0 saturated carbocycles. The predicted octanol–water partition coefficient (Wildman–Crippen LogP) is 0.245. The molecule has 0 radical (unpaired) electrons. The van der Waals surface area contributed by atoms with E-state index in [4.69, 9.17) is 0 Å². The third-order valence-corrected chi connectivity index (χ3v) is 0.872. The lowest BCUT2D eigenvalue weighted by Crippen LogP contribution is -1.79. The minimum atomic E-state index is 0.337. The standard InChI is InChI=1S/C5H5N3O/c9-4-6-3-5-1-2-7-8-5/h1-2H,3H2,(H,7,8). The molecule has 1 rings (SSSR count). The molecule has 1 aromatic rings. The van der Waals surface area contributed by atoms with Crippen LogP contribution in [0.15, 0.2) is 17.3 Å². The number of aliphatic imine (C=N–C) groups is 1. The highest BCUT2D eigenvalue weighted by molar-refractivity contribution is 5.33. The lowest BCUT2D eigenvalue weighted by molar-refractivity contribution is 0.562. The first kappa shape index (κ1) is 5.72. The van der Waals surface area contributed by atoms with Crippen molar-refractivity contribution in [3.63, 3.8) is 0 Å². The Morgan fingerprint density at radius 2 is 2.78 bits per heavy atom. The Labute approximate surface area is 51.6 Å². The highest BCUT2D eigenvalue weighted by Gasteiger charge is 1.87. The predicted molar refractivity (Wildman–Crippen MR) is 30.4 cm³/mol. The second-order valence-corrected chi connectivity index (χ2v) is 1.49. The molecule has 9 heavy (non-hydrogen) atoms. The lowest BCUT2D eigenvalue weighted by Gasteiger charge is -1.80. The number of carbonyl (C=O) groups excluding carboxylic acids is 1. The molecule has 1 heterocycles. The van der Waals surface area contributed by atoms with Crippen LogP contribution in [0.3, 0.4) is 0 Å². The monoisotopic (exact) mass is 123 g/mol. The normalized spacial score (nSPS) is 8.44. The summed E-state index contributed by atoms with van der Waals surface area (Å²) in [5.74, 6) is 0. The molecule has 0 saturated heterocycles. The van der Waals surface area contributed by atoms with E-state index in [2.05, 4.69) is 15.2 Å². The van der Waals surface area contributed by atoms with E-state index in [9.17, 15) is 4.79 Å². The van der Waals surface area contributed by atoms with Crippen molar-refractivity contribution >= 4 is 6.08 Å². The number of aromatic nitrogens is 2. The van der Waals surface area contributed by atoms with E-state index in [1.54, 1.807) is 12.3 Å². The van der Waals surface area contributed by atoms with Gasteiger partial charge in [0.25, 0.3) is 0 Å². The molecule has 46 valence electrons. The summed E-state index contributed by atoms with van der Waals surface area (Å²) in [5.41, 5.74) is 0.818. The van der Waals surface area contributed by atoms with Crippen molar-refractivity contribution < 1.29 is 4.79 Å². The number of H-pyrrole nitrogens is 1. The Balaban J connectivity index is 2.57. The van der Waals surface area contributed by atoms with Crippen LogP contribution >= 0.6 is 0 Å². The molecule has 0 fully saturated rings. The van der Waals surface area contributed by atoms with E-state index in [1.165, 1.54) is 6.08 Å². The molecule has 0 spiro atoms. The Hall–Kier alpha value is -1.41. The highest BCUT2D eigenvalue weighted by atomic mass is 16.1. The van der Waals surface area contributed by atoms with Crippen LogP contribution in [0.2, 0.25) is 0 Å². The van der Waals surface area contributed by atoms with Crippen LogP contribution in [0.25, 0.3) is 0 Å². The molecule has 4 nitrogen and oxygen atoms in total. The van der Waals surface area contributed by atoms with Gasteiger partial charge in [0.2, 0.25) is 6.08 Å². The molecule has 1 N–H and O–H groups in total. The average molecular weight is 123 g/mol. The molecular weight excluding hydrogens is 118 g/mol. The number of rotatable bonds is 2. The van der Waals surface area contributed by atoms with Gasteiger partial charge in [0.05, 0.1) is 12.2 Å². The molecule has 0 aliphatic carbocycles. The number of hydrogen-bond donors (Lipinski definition) is 1. The maximum atomic E-state index is 9.57. The molecule has 0 aliphatic heterocycles. The zero-order chi connectivity index (χ0) is 6.53. The van der Waals surface area contributed by atoms with Gasteiger partial charge >= 0.3 is 0 Å². The van der Waals surface area contributed by atoms with Gasteiger partial charge in [-0.25, -0.2) is 4.79 Å². The summed E-state index contributed by atoms with van der Waals surface area (Å²) < 4.78 is 0. The third kappa shape index (κ3) is 1.51. The fourth-order valence-electron chi connectivity index (χ4n) is 0.490. The van der Waals surface area contributed by atoms with Crippen LogP contribution in [-0.4, -0.2) is 16.3 Å². The smallest absolute Gasteiger partial charge is 0.235 e. The number of aromatic amines is 1. The van der Waals surface area contributed by atoms with Gasteiger partial charge in [-0.3, -0.25) is 5.10 Å². The van der Waals surface area contributed by atoms with Crippen molar-refractivity contribution in [3.8, 4) is 0 Å². The van der Waals surface area contributed by atoms with E-state index < -0.39 is 0 Å². The summed E-state index contributed by atoms with van der Waals surface area (Å²) in [6, 6.07) is 1.75. The van der Waals surface area contributed by atoms with Gasteiger partial charge in [-0.15, -0.1) is 0 Å². The topological polar surface area (TPSA) is 58.1 Å². The van der Waals surface area contributed by atoms with Gasteiger partial charge < -0.3 is 0 Å². The molecule has 0 aromatic carbocycles. The van der Waals surface area contributed by atoms with E-state index in [0.717, 1.165) is 5.69 Å². The van der Waals surface area contributed by atoms with Crippen molar-refractivity contribution in [3.05, 3.63) is 18.0 Å². The fraction of sp³-hybridized carbons (Fsp3) is 0.200. The van der Waals surface area contributed by atoms with Crippen molar-refractivity contribution in [1.82, 2.24) is 10.2 Å². The van der Waals surface area contributed by atoms with Crippen molar-refractivity contribution in [2.45, 2.75) is 6.54 Å². The molecule has 0 aliphatic rings. The van der Waals surface area contributed by atoms with Gasteiger partial charge in [-0.2, -0.15) is 10.1 Å². The summed E-state index contributed by atoms with van der Waals surface area (Å²) >= 11 is 0. The second-order valence-electron chi connectivity index (χ2n) is 1.49. The van der Waals surface area contributed by atoms with E-state index >= 15 is 0 Å². The van der Waals surface area contributed by atoms with Gasteiger partial charge in [0.15, 0.2) is 0 Å². The molecule has 0 amide bonds. The minimum Gasteiger partial charge on any atom is -0.281 e.